The van der Waals surface area contributed by atoms with E-state index in [4.69, 9.17) is 4.74 Å². The van der Waals surface area contributed by atoms with Crippen LogP contribution in [0.2, 0.25) is 0 Å². The van der Waals surface area contributed by atoms with Gasteiger partial charge < -0.3 is 15.0 Å². The van der Waals surface area contributed by atoms with E-state index in [2.05, 4.69) is 41.4 Å². The standard InChI is InChI=1S/C18H14BrN5O2S/c1-26-12-4-2-3-11(8-12)20-15(25)9-27-18-22-17-16(23-24-18)13-7-10(19)5-6-14(13)21-17/h2-8H,9H2,1H3,(H,20,25)(H,21,22,24). The van der Waals surface area contributed by atoms with Crippen LogP contribution in [0, 0.1) is 0 Å². The summed E-state index contributed by atoms with van der Waals surface area (Å²) in [7, 11) is 1.58. The van der Waals surface area contributed by atoms with Crippen LogP contribution >= 0.6 is 27.7 Å². The third kappa shape index (κ3) is 3.88. The van der Waals surface area contributed by atoms with E-state index in [0.717, 1.165) is 15.4 Å². The maximum atomic E-state index is 12.2. The summed E-state index contributed by atoms with van der Waals surface area (Å²) in [6.07, 6.45) is 0. The molecule has 0 saturated heterocycles. The highest BCUT2D eigenvalue weighted by Crippen LogP contribution is 2.26. The number of benzene rings is 2. The highest BCUT2D eigenvalue weighted by Gasteiger charge is 2.11. The third-order valence-corrected chi connectivity index (χ3v) is 5.17. The lowest BCUT2D eigenvalue weighted by Gasteiger charge is -2.06. The van der Waals surface area contributed by atoms with Crippen LogP contribution in [0.1, 0.15) is 0 Å². The highest BCUT2D eigenvalue weighted by atomic mass is 79.9. The van der Waals surface area contributed by atoms with Crippen LogP contribution in [-0.4, -0.2) is 38.9 Å². The first-order valence-electron chi connectivity index (χ1n) is 8.01. The molecule has 0 aliphatic rings. The van der Waals surface area contributed by atoms with Crippen molar-refractivity contribution in [2.45, 2.75) is 5.16 Å². The van der Waals surface area contributed by atoms with Gasteiger partial charge in [-0.2, -0.15) is 0 Å². The van der Waals surface area contributed by atoms with Gasteiger partial charge in [0.05, 0.1) is 12.9 Å². The van der Waals surface area contributed by atoms with Crippen LogP contribution in [0.25, 0.3) is 22.1 Å². The number of thioether (sulfide) groups is 1. The number of nitrogens with one attached hydrogen (secondary N) is 2. The van der Waals surface area contributed by atoms with Gasteiger partial charge >= 0.3 is 0 Å². The number of carbonyl (C=O) groups is 1. The number of aromatic nitrogens is 4. The second-order valence-corrected chi connectivity index (χ2v) is 7.53. The van der Waals surface area contributed by atoms with Gasteiger partial charge in [-0.3, -0.25) is 4.79 Å². The number of nitrogens with zero attached hydrogens (tertiary/aromatic N) is 3. The number of hydrogen-bond donors (Lipinski definition) is 2. The maximum absolute atomic E-state index is 12.2. The van der Waals surface area contributed by atoms with Crippen molar-refractivity contribution in [1.29, 1.82) is 0 Å². The Bertz CT molecular complexity index is 1150. The molecule has 0 aliphatic carbocycles. The molecule has 4 rings (SSSR count). The number of ether oxygens (including phenoxy) is 1. The number of amides is 1. The number of carbonyl (C=O) groups excluding carboxylic acids is 1. The molecule has 1 amide bonds. The van der Waals surface area contributed by atoms with Crippen molar-refractivity contribution in [2.75, 3.05) is 18.2 Å². The van der Waals surface area contributed by atoms with Gasteiger partial charge in [-0.05, 0) is 30.3 Å². The minimum atomic E-state index is -0.155. The summed E-state index contributed by atoms with van der Waals surface area (Å²) in [5, 5.41) is 12.6. The number of halogens is 1. The fourth-order valence-corrected chi connectivity index (χ4v) is 3.57. The van der Waals surface area contributed by atoms with Gasteiger partial charge in [0, 0.05) is 27.1 Å². The molecule has 0 unspecified atom stereocenters. The summed E-state index contributed by atoms with van der Waals surface area (Å²) in [5.74, 6) is 0.706. The van der Waals surface area contributed by atoms with Crippen LogP contribution in [-0.2, 0) is 4.79 Å². The van der Waals surface area contributed by atoms with Gasteiger partial charge in [0.15, 0.2) is 5.65 Å². The van der Waals surface area contributed by atoms with E-state index in [0.29, 0.717) is 27.8 Å². The zero-order valence-corrected chi connectivity index (χ0v) is 16.6. The minimum Gasteiger partial charge on any atom is -0.497 e. The van der Waals surface area contributed by atoms with Crippen molar-refractivity contribution in [2.24, 2.45) is 0 Å². The number of methoxy groups -OCH3 is 1. The van der Waals surface area contributed by atoms with E-state index in [9.17, 15) is 4.79 Å². The molecule has 0 saturated carbocycles. The number of aromatic amines is 1. The van der Waals surface area contributed by atoms with Gasteiger partial charge in [-0.1, -0.05) is 33.8 Å². The third-order valence-electron chi connectivity index (χ3n) is 3.84. The Morgan fingerprint density at radius 2 is 2.15 bits per heavy atom. The lowest BCUT2D eigenvalue weighted by atomic mass is 10.2. The normalized spacial score (nSPS) is 11.0. The van der Waals surface area contributed by atoms with Crippen molar-refractivity contribution >= 4 is 61.4 Å². The zero-order chi connectivity index (χ0) is 18.8. The van der Waals surface area contributed by atoms with Crippen molar-refractivity contribution in [3.8, 4) is 5.75 Å². The van der Waals surface area contributed by atoms with E-state index in [1.807, 2.05) is 30.3 Å². The van der Waals surface area contributed by atoms with Crippen LogP contribution in [0.4, 0.5) is 5.69 Å². The lowest BCUT2D eigenvalue weighted by molar-refractivity contribution is -0.113. The van der Waals surface area contributed by atoms with Crippen molar-refractivity contribution < 1.29 is 9.53 Å². The molecule has 0 radical (unpaired) electrons. The van der Waals surface area contributed by atoms with Crippen LogP contribution in [0.15, 0.2) is 52.1 Å². The van der Waals surface area contributed by atoms with Gasteiger partial charge in [-0.15, -0.1) is 10.2 Å². The predicted molar refractivity (Wildman–Crippen MR) is 109 cm³/mol. The first-order chi connectivity index (χ1) is 13.1. The van der Waals surface area contributed by atoms with Crippen LogP contribution < -0.4 is 10.1 Å². The Morgan fingerprint density at radius 1 is 1.26 bits per heavy atom. The quantitative estimate of drug-likeness (QED) is 0.452. The van der Waals surface area contributed by atoms with E-state index in [-0.39, 0.29) is 11.7 Å². The second-order valence-electron chi connectivity index (χ2n) is 5.68. The molecule has 0 spiro atoms. The van der Waals surface area contributed by atoms with Gasteiger partial charge in [0.25, 0.3) is 0 Å². The largest absolute Gasteiger partial charge is 0.497 e. The Morgan fingerprint density at radius 3 is 3.00 bits per heavy atom. The smallest absolute Gasteiger partial charge is 0.234 e. The maximum Gasteiger partial charge on any atom is 0.234 e. The number of anilines is 1. The average molecular weight is 444 g/mol. The molecule has 2 N–H and O–H groups in total. The number of fused-ring (bicyclic) bond motifs is 3. The minimum absolute atomic E-state index is 0.155. The molecule has 2 aromatic carbocycles. The molecule has 2 aromatic heterocycles. The van der Waals surface area contributed by atoms with Crippen LogP contribution in [0.3, 0.4) is 0 Å². The molecule has 0 aliphatic heterocycles. The number of hydrogen-bond acceptors (Lipinski definition) is 6. The molecular formula is C18H14BrN5O2S. The molecular weight excluding hydrogens is 430 g/mol. The lowest BCUT2D eigenvalue weighted by Crippen LogP contribution is -2.14. The molecule has 0 bridgehead atoms. The van der Waals surface area contributed by atoms with Gasteiger partial charge in [0.2, 0.25) is 11.1 Å². The van der Waals surface area contributed by atoms with Crippen LogP contribution in [0.5, 0.6) is 5.75 Å². The predicted octanol–water partition coefficient (Wildman–Crippen LogP) is 4.01. The summed E-state index contributed by atoms with van der Waals surface area (Å²) in [4.78, 5) is 19.9. The van der Waals surface area contributed by atoms with E-state index in [1.165, 1.54) is 11.8 Å². The summed E-state index contributed by atoms with van der Waals surface area (Å²) < 4.78 is 6.11. The topological polar surface area (TPSA) is 92.8 Å². The van der Waals surface area contributed by atoms with Crippen molar-refractivity contribution in [3.63, 3.8) is 0 Å². The van der Waals surface area contributed by atoms with Crippen molar-refractivity contribution in [3.05, 3.63) is 46.9 Å². The fraction of sp³-hybridized carbons (Fsp3) is 0.111. The molecule has 7 nitrogen and oxygen atoms in total. The molecule has 2 heterocycles. The summed E-state index contributed by atoms with van der Waals surface area (Å²) in [5.41, 5.74) is 2.97. The SMILES string of the molecule is COc1cccc(NC(=O)CSc2nnc3c(n2)[nH]c2ccc(Br)cc23)c1. The Labute approximate surface area is 167 Å². The first kappa shape index (κ1) is 17.7. The second kappa shape index (κ2) is 7.53. The van der Waals surface area contributed by atoms with E-state index < -0.39 is 0 Å². The monoisotopic (exact) mass is 443 g/mol. The molecule has 0 fully saturated rings. The van der Waals surface area contributed by atoms with E-state index in [1.54, 1.807) is 19.2 Å². The first-order valence-corrected chi connectivity index (χ1v) is 9.78. The summed E-state index contributed by atoms with van der Waals surface area (Å²) >= 11 is 4.68. The molecule has 4 aromatic rings. The van der Waals surface area contributed by atoms with Gasteiger partial charge in [-0.25, -0.2) is 4.98 Å². The average Bonchev–Trinajstić information content (AvgIpc) is 3.03. The fourth-order valence-electron chi connectivity index (χ4n) is 2.62. The zero-order valence-electron chi connectivity index (χ0n) is 14.2. The Kier molecular flexibility index (Phi) is 4.95. The number of H-pyrrole nitrogens is 1. The molecule has 9 heteroatoms. The molecule has 136 valence electrons. The highest BCUT2D eigenvalue weighted by molar-refractivity contribution is 9.10. The summed E-state index contributed by atoms with van der Waals surface area (Å²) in [6.45, 7) is 0. The Hall–Kier alpha value is -2.65. The molecule has 27 heavy (non-hydrogen) atoms. The van der Waals surface area contributed by atoms with E-state index >= 15 is 0 Å². The molecule has 0 atom stereocenters. The Balaban J connectivity index is 1.46. The van der Waals surface area contributed by atoms with Gasteiger partial charge in [0.1, 0.15) is 11.3 Å². The summed E-state index contributed by atoms with van der Waals surface area (Å²) in [6, 6.07) is 13.1. The van der Waals surface area contributed by atoms with Crippen molar-refractivity contribution in [1.82, 2.24) is 20.2 Å². The number of rotatable bonds is 5.